The van der Waals surface area contributed by atoms with Crippen molar-refractivity contribution in [2.45, 2.75) is 32.2 Å². The predicted molar refractivity (Wildman–Crippen MR) is 64.2 cm³/mol. The smallest absolute Gasteiger partial charge is 0.317 e. The Hall–Kier alpha value is -1.03. The highest BCUT2D eigenvalue weighted by Gasteiger charge is 2.37. The number of rotatable bonds is 7. The third-order valence-corrected chi connectivity index (χ3v) is 2.90. The summed E-state index contributed by atoms with van der Waals surface area (Å²) in [4.78, 5) is 13.4. The van der Waals surface area contributed by atoms with E-state index in [0.29, 0.717) is 25.0 Å². The highest BCUT2D eigenvalue weighted by molar-refractivity contribution is 5.75. The van der Waals surface area contributed by atoms with Crippen LogP contribution in [0.4, 0.5) is 4.79 Å². The van der Waals surface area contributed by atoms with Gasteiger partial charge in [0.1, 0.15) is 0 Å². The van der Waals surface area contributed by atoms with Crippen LogP contribution in [0, 0.1) is 5.92 Å². The van der Waals surface area contributed by atoms with Crippen molar-refractivity contribution in [3.8, 4) is 0 Å². The van der Waals surface area contributed by atoms with Gasteiger partial charge in [0, 0.05) is 19.1 Å². The Morgan fingerprint density at radius 3 is 3.00 bits per heavy atom. The molecule has 2 N–H and O–H groups in total. The predicted octanol–water partition coefficient (Wildman–Crippen LogP) is 1.36. The summed E-state index contributed by atoms with van der Waals surface area (Å²) in [6.07, 6.45) is 5.13. The molecule has 0 aliphatic heterocycles. The van der Waals surface area contributed by atoms with Crippen molar-refractivity contribution in [2.75, 3.05) is 19.7 Å². The van der Waals surface area contributed by atoms with E-state index < -0.39 is 0 Å². The van der Waals surface area contributed by atoms with Gasteiger partial charge in [0.15, 0.2) is 0 Å². The van der Waals surface area contributed by atoms with Gasteiger partial charge < -0.3 is 15.3 Å². The van der Waals surface area contributed by atoms with Crippen molar-refractivity contribution in [3.63, 3.8) is 0 Å². The summed E-state index contributed by atoms with van der Waals surface area (Å²) in [6, 6.07) is 0.260. The van der Waals surface area contributed by atoms with Crippen molar-refractivity contribution in [1.29, 1.82) is 0 Å². The molecule has 16 heavy (non-hydrogen) atoms. The summed E-state index contributed by atoms with van der Waals surface area (Å²) in [7, 11) is 0. The molecule has 4 heteroatoms. The van der Waals surface area contributed by atoms with E-state index >= 15 is 0 Å². The second kappa shape index (κ2) is 6.53. The molecule has 2 atom stereocenters. The number of carbonyl (C=O) groups is 1. The van der Waals surface area contributed by atoms with Gasteiger partial charge in [0.25, 0.3) is 0 Å². The molecule has 0 aromatic heterocycles. The number of aliphatic hydroxyl groups excluding tert-OH is 1. The van der Waals surface area contributed by atoms with Gasteiger partial charge >= 0.3 is 6.03 Å². The summed E-state index contributed by atoms with van der Waals surface area (Å²) in [5.74, 6) is 0.661. The molecular weight excluding hydrogens is 204 g/mol. The maximum absolute atomic E-state index is 11.8. The van der Waals surface area contributed by atoms with E-state index in [1.54, 1.807) is 11.0 Å². The van der Waals surface area contributed by atoms with Gasteiger partial charge in [0.05, 0.1) is 6.61 Å². The third-order valence-electron chi connectivity index (χ3n) is 2.90. The second-order valence-electron chi connectivity index (χ2n) is 4.30. The van der Waals surface area contributed by atoms with Crippen LogP contribution in [0.1, 0.15) is 26.2 Å². The van der Waals surface area contributed by atoms with Gasteiger partial charge in [-0.2, -0.15) is 0 Å². The van der Waals surface area contributed by atoms with E-state index in [1.165, 1.54) is 12.8 Å². The van der Waals surface area contributed by atoms with Crippen molar-refractivity contribution < 1.29 is 9.90 Å². The van der Waals surface area contributed by atoms with Crippen LogP contribution < -0.4 is 5.32 Å². The maximum atomic E-state index is 11.8. The van der Waals surface area contributed by atoms with Crippen LogP contribution in [-0.2, 0) is 0 Å². The fourth-order valence-corrected chi connectivity index (χ4v) is 1.92. The Kier molecular flexibility index (Phi) is 5.32. The van der Waals surface area contributed by atoms with Crippen LogP contribution in [-0.4, -0.2) is 41.8 Å². The van der Waals surface area contributed by atoms with Gasteiger partial charge in [-0.05, 0) is 18.8 Å². The number of aliphatic hydroxyl groups is 1. The third kappa shape index (κ3) is 3.85. The molecule has 1 aliphatic carbocycles. The molecule has 0 radical (unpaired) electrons. The monoisotopic (exact) mass is 226 g/mol. The van der Waals surface area contributed by atoms with Crippen LogP contribution >= 0.6 is 0 Å². The first-order valence-corrected chi connectivity index (χ1v) is 6.00. The first kappa shape index (κ1) is 13.0. The highest BCUT2D eigenvalue weighted by Crippen LogP contribution is 2.34. The molecule has 0 bridgehead atoms. The summed E-state index contributed by atoms with van der Waals surface area (Å²) in [5.41, 5.74) is 0. The average Bonchev–Trinajstić information content (AvgIpc) is 2.96. The Morgan fingerprint density at radius 1 is 1.69 bits per heavy atom. The lowest BCUT2D eigenvalue weighted by atomic mass is 10.2. The van der Waals surface area contributed by atoms with E-state index in [1.807, 2.05) is 0 Å². The largest absolute Gasteiger partial charge is 0.395 e. The van der Waals surface area contributed by atoms with Crippen LogP contribution in [0.3, 0.4) is 0 Å². The summed E-state index contributed by atoms with van der Waals surface area (Å²) < 4.78 is 0. The molecule has 1 saturated carbocycles. The number of hydrogen-bond acceptors (Lipinski definition) is 2. The molecule has 1 fully saturated rings. The SMILES string of the molecule is C=CCN(CCO)C(=O)NC1CC1CCC. The summed E-state index contributed by atoms with van der Waals surface area (Å²) in [5, 5.41) is 11.8. The Labute approximate surface area is 97.3 Å². The second-order valence-corrected chi connectivity index (χ2v) is 4.30. The van der Waals surface area contributed by atoms with Crippen LogP contribution in [0.25, 0.3) is 0 Å². The lowest BCUT2D eigenvalue weighted by Crippen LogP contribution is -2.42. The van der Waals surface area contributed by atoms with Crippen molar-refractivity contribution in [2.24, 2.45) is 5.92 Å². The summed E-state index contributed by atoms with van der Waals surface area (Å²) in [6.45, 7) is 6.60. The highest BCUT2D eigenvalue weighted by atomic mass is 16.3. The average molecular weight is 226 g/mol. The van der Waals surface area contributed by atoms with Gasteiger partial charge in [-0.3, -0.25) is 0 Å². The molecule has 2 unspecified atom stereocenters. The van der Waals surface area contributed by atoms with Crippen LogP contribution in [0.5, 0.6) is 0 Å². The molecule has 0 saturated heterocycles. The lowest BCUT2D eigenvalue weighted by molar-refractivity contribution is 0.183. The van der Waals surface area contributed by atoms with E-state index in [4.69, 9.17) is 5.11 Å². The molecular formula is C12H22N2O2. The Bertz CT molecular complexity index is 243. The quantitative estimate of drug-likeness (QED) is 0.644. The first-order chi connectivity index (χ1) is 7.72. The molecule has 1 rings (SSSR count). The number of hydrogen-bond donors (Lipinski definition) is 2. The van der Waals surface area contributed by atoms with E-state index in [-0.39, 0.29) is 12.6 Å². The molecule has 4 nitrogen and oxygen atoms in total. The van der Waals surface area contributed by atoms with E-state index in [2.05, 4.69) is 18.8 Å². The van der Waals surface area contributed by atoms with Gasteiger partial charge in [-0.25, -0.2) is 4.79 Å². The number of urea groups is 1. The lowest BCUT2D eigenvalue weighted by Gasteiger charge is -2.20. The van der Waals surface area contributed by atoms with Gasteiger partial charge in [-0.1, -0.05) is 19.4 Å². The normalized spacial score (nSPS) is 22.6. The molecule has 92 valence electrons. The molecule has 0 spiro atoms. The fourth-order valence-electron chi connectivity index (χ4n) is 1.92. The number of nitrogens with zero attached hydrogens (tertiary/aromatic N) is 1. The minimum absolute atomic E-state index is 0.00961. The van der Waals surface area contributed by atoms with Crippen LogP contribution in [0.2, 0.25) is 0 Å². The molecule has 2 amide bonds. The fraction of sp³-hybridized carbons (Fsp3) is 0.750. The zero-order valence-electron chi connectivity index (χ0n) is 9.98. The van der Waals surface area contributed by atoms with E-state index in [9.17, 15) is 4.79 Å². The number of nitrogens with one attached hydrogen (secondary N) is 1. The minimum Gasteiger partial charge on any atom is -0.395 e. The van der Waals surface area contributed by atoms with Crippen molar-refractivity contribution in [1.82, 2.24) is 10.2 Å². The molecule has 0 heterocycles. The molecule has 0 aromatic rings. The minimum atomic E-state index is -0.0856. The number of amides is 2. The Morgan fingerprint density at radius 2 is 2.44 bits per heavy atom. The van der Waals surface area contributed by atoms with Crippen molar-refractivity contribution >= 4 is 6.03 Å². The zero-order chi connectivity index (χ0) is 12.0. The zero-order valence-corrected chi connectivity index (χ0v) is 9.98. The molecule has 1 aliphatic rings. The first-order valence-electron chi connectivity index (χ1n) is 6.00. The van der Waals surface area contributed by atoms with Gasteiger partial charge in [-0.15, -0.1) is 6.58 Å². The number of carbonyl (C=O) groups excluding carboxylic acids is 1. The standard InChI is InChI=1S/C12H22N2O2/c1-3-5-10-9-11(10)13-12(16)14(6-4-2)7-8-15/h4,10-11,15H,2-3,5-9H2,1H3,(H,13,16). The van der Waals surface area contributed by atoms with Crippen molar-refractivity contribution in [3.05, 3.63) is 12.7 Å². The topological polar surface area (TPSA) is 52.6 Å². The molecule has 0 aromatic carbocycles. The summed E-state index contributed by atoms with van der Waals surface area (Å²) >= 11 is 0. The Balaban J connectivity index is 2.29. The maximum Gasteiger partial charge on any atom is 0.317 e. The van der Waals surface area contributed by atoms with Crippen LogP contribution in [0.15, 0.2) is 12.7 Å². The van der Waals surface area contributed by atoms with E-state index in [0.717, 1.165) is 6.42 Å². The van der Waals surface area contributed by atoms with Gasteiger partial charge in [0.2, 0.25) is 0 Å².